The number of aromatic nitrogens is 2. The summed E-state index contributed by atoms with van der Waals surface area (Å²) < 4.78 is 1.79. The SMILES string of the molecule is CCc1nn(CC)c(CN2CC(C(=O)O)CCC2=O)c1Cl. The van der Waals surface area contributed by atoms with Gasteiger partial charge in [-0.05, 0) is 19.8 Å². The van der Waals surface area contributed by atoms with Gasteiger partial charge in [0.15, 0.2) is 0 Å². The van der Waals surface area contributed by atoms with Crippen molar-refractivity contribution in [2.24, 2.45) is 5.92 Å². The monoisotopic (exact) mass is 313 g/mol. The maximum absolute atomic E-state index is 12.0. The second-order valence-corrected chi connectivity index (χ2v) is 5.60. The van der Waals surface area contributed by atoms with Crippen molar-refractivity contribution in [3.63, 3.8) is 0 Å². The zero-order chi connectivity index (χ0) is 15.6. The van der Waals surface area contributed by atoms with Crippen molar-refractivity contribution in [1.29, 1.82) is 0 Å². The minimum absolute atomic E-state index is 0.0227. The lowest BCUT2D eigenvalue weighted by Gasteiger charge is -2.30. The van der Waals surface area contributed by atoms with E-state index in [4.69, 9.17) is 16.7 Å². The van der Waals surface area contributed by atoms with E-state index in [1.165, 1.54) is 0 Å². The van der Waals surface area contributed by atoms with Gasteiger partial charge in [0.1, 0.15) is 0 Å². The van der Waals surface area contributed by atoms with Crippen LogP contribution in [0.4, 0.5) is 0 Å². The molecule has 0 spiro atoms. The van der Waals surface area contributed by atoms with Crippen LogP contribution in [0.3, 0.4) is 0 Å². The van der Waals surface area contributed by atoms with Crippen molar-refractivity contribution < 1.29 is 14.7 Å². The van der Waals surface area contributed by atoms with E-state index in [2.05, 4.69) is 5.10 Å². The highest BCUT2D eigenvalue weighted by molar-refractivity contribution is 6.31. The summed E-state index contributed by atoms with van der Waals surface area (Å²) in [5, 5.41) is 14.1. The highest BCUT2D eigenvalue weighted by Crippen LogP contribution is 2.26. The van der Waals surface area contributed by atoms with E-state index in [9.17, 15) is 9.59 Å². The number of carboxylic acid groups (broad SMARTS) is 1. The molecule has 7 heteroatoms. The summed E-state index contributed by atoms with van der Waals surface area (Å²) in [6, 6.07) is 0. The molecule has 1 aliphatic rings. The molecule has 1 fully saturated rings. The van der Waals surface area contributed by atoms with Gasteiger partial charge in [-0.2, -0.15) is 5.10 Å². The van der Waals surface area contributed by atoms with Crippen LogP contribution in [0.5, 0.6) is 0 Å². The minimum atomic E-state index is -0.850. The van der Waals surface area contributed by atoms with Crippen LogP contribution in [0.1, 0.15) is 38.1 Å². The number of piperidine rings is 1. The summed E-state index contributed by atoms with van der Waals surface area (Å²) in [7, 11) is 0. The average Bonchev–Trinajstić information content (AvgIpc) is 2.77. The molecule has 1 N–H and O–H groups in total. The number of hydrogen-bond acceptors (Lipinski definition) is 3. The number of carboxylic acids is 1. The number of aryl methyl sites for hydroxylation is 2. The second kappa shape index (κ2) is 6.47. The lowest BCUT2D eigenvalue weighted by atomic mass is 9.97. The third-order valence-corrected chi connectivity index (χ3v) is 4.32. The summed E-state index contributed by atoms with van der Waals surface area (Å²) in [6.45, 7) is 5.16. The molecule has 116 valence electrons. The molecular weight excluding hydrogens is 294 g/mol. The molecule has 0 aromatic carbocycles. The summed E-state index contributed by atoms with van der Waals surface area (Å²) in [6.07, 6.45) is 1.41. The molecular formula is C14H20ClN3O3. The number of hydrogen-bond donors (Lipinski definition) is 1. The molecule has 0 saturated carbocycles. The van der Waals surface area contributed by atoms with Crippen LogP contribution < -0.4 is 0 Å². The van der Waals surface area contributed by atoms with Gasteiger partial charge in [-0.25, -0.2) is 0 Å². The molecule has 2 rings (SSSR count). The Hall–Kier alpha value is -1.56. The summed E-state index contributed by atoms with van der Waals surface area (Å²) >= 11 is 6.34. The predicted molar refractivity (Wildman–Crippen MR) is 78.1 cm³/mol. The van der Waals surface area contributed by atoms with E-state index < -0.39 is 11.9 Å². The molecule has 1 aliphatic heterocycles. The van der Waals surface area contributed by atoms with Crippen molar-refractivity contribution in [2.45, 2.75) is 46.2 Å². The van der Waals surface area contributed by atoms with E-state index in [1.807, 2.05) is 13.8 Å². The predicted octanol–water partition coefficient (Wildman–Crippen LogP) is 1.94. The van der Waals surface area contributed by atoms with Gasteiger partial charge in [-0.15, -0.1) is 0 Å². The van der Waals surface area contributed by atoms with Gasteiger partial charge in [0.2, 0.25) is 5.91 Å². The smallest absolute Gasteiger partial charge is 0.308 e. The molecule has 1 amide bonds. The van der Waals surface area contributed by atoms with Crippen molar-refractivity contribution >= 4 is 23.5 Å². The molecule has 6 nitrogen and oxygen atoms in total. The second-order valence-electron chi connectivity index (χ2n) is 5.22. The van der Waals surface area contributed by atoms with Crippen LogP contribution in [-0.2, 0) is 29.1 Å². The van der Waals surface area contributed by atoms with Crippen LogP contribution in [-0.4, -0.2) is 38.2 Å². The third kappa shape index (κ3) is 3.20. The molecule has 1 atom stereocenters. The molecule has 1 aromatic heterocycles. The van der Waals surface area contributed by atoms with E-state index >= 15 is 0 Å². The fourth-order valence-electron chi connectivity index (χ4n) is 2.62. The van der Waals surface area contributed by atoms with Gasteiger partial charge < -0.3 is 10.0 Å². The molecule has 2 heterocycles. The van der Waals surface area contributed by atoms with Crippen molar-refractivity contribution in [1.82, 2.24) is 14.7 Å². The van der Waals surface area contributed by atoms with E-state index in [0.29, 0.717) is 24.5 Å². The molecule has 21 heavy (non-hydrogen) atoms. The summed E-state index contributed by atoms with van der Waals surface area (Å²) in [5.41, 5.74) is 1.60. The standard InChI is InChI=1S/C14H20ClN3O3/c1-3-10-13(15)11(18(4-2)16-10)8-17-7-9(14(20)21)5-6-12(17)19/h9H,3-8H2,1-2H3,(H,20,21). The maximum Gasteiger partial charge on any atom is 0.308 e. The topological polar surface area (TPSA) is 75.4 Å². The van der Waals surface area contributed by atoms with Gasteiger partial charge in [0, 0.05) is 19.5 Å². The molecule has 1 unspecified atom stereocenters. The van der Waals surface area contributed by atoms with Gasteiger partial charge in [0.05, 0.1) is 28.9 Å². The fraction of sp³-hybridized carbons (Fsp3) is 0.643. The van der Waals surface area contributed by atoms with E-state index in [-0.39, 0.29) is 18.9 Å². The van der Waals surface area contributed by atoms with Crippen LogP contribution in [0.25, 0.3) is 0 Å². The minimum Gasteiger partial charge on any atom is -0.481 e. The third-order valence-electron chi connectivity index (χ3n) is 3.88. The highest BCUT2D eigenvalue weighted by Gasteiger charge is 2.31. The zero-order valence-corrected chi connectivity index (χ0v) is 13.1. The Morgan fingerprint density at radius 2 is 2.19 bits per heavy atom. The molecule has 0 radical (unpaired) electrons. The van der Waals surface area contributed by atoms with Crippen LogP contribution in [0.15, 0.2) is 0 Å². The number of amides is 1. The highest BCUT2D eigenvalue weighted by atomic mass is 35.5. The first-order valence-electron chi connectivity index (χ1n) is 7.22. The first-order chi connectivity index (χ1) is 9.97. The lowest BCUT2D eigenvalue weighted by Crippen LogP contribution is -2.42. The molecule has 1 saturated heterocycles. The van der Waals surface area contributed by atoms with Gasteiger partial charge >= 0.3 is 5.97 Å². The zero-order valence-electron chi connectivity index (χ0n) is 12.3. The Balaban J connectivity index is 2.22. The Morgan fingerprint density at radius 3 is 2.76 bits per heavy atom. The number of nitrogens with zero attached hydrogens (tertiary/aromatic N) is 3. The van der Waals surface area contributed by atoms with Crippen molar-refractivity contribution in [3.05, 3.63) is 16.4 Å². The number of likely N-dealkylation sites (tertiary alicyclic amines) is 1. The Bertz CT molecular complexity index is 556. The maximum atomic E-state index is 12.0. The van der Waals surface area contributed by atoms with Crippen molar-refractivity contribution in [2.75, 3.05) is 6.54 Å². The largest absolute Gasteiger partial charge is 0.481 e. The summed E-state index contributed by atoms with van der Waals surface area (Å²) in [4.78, 5) is 24.7. The van der Waals surface area contributed by atoms with Crippen molar-refractivity contribution in [3.8, 4) is 0 Å². The van der Waals surface area contributed by atoms with E-state index in [1.54, 1.807) is 9.58 Å². The number of halogens is 1. The Kier molecular flexibility index (Phi) is 4.88. The van der Waals surface area contributed by atoms with Crippen LogP contribution in [0, 0.1) is 5.92 Å². The quantitative estimate of drug-likeness (QED) is 0.901. The Morgan fingerprint density at radius 1 is 1.48 bits per heavy atom. The molecule has 1 aromatic rings. The van der Waals surface area contributed by atoms with Crippen LogP contribution >= 0.6 is 11.6 Å². The Labute approximate surface area is 128 Å². The number of carbonyl (C=O) groups is 2. The number of aliphatic carboxylic acids is 1. The first-order valence-corrected chi connectivity index (χ1v) is 7.60. The van der Waals surface area contributed by atoms with E-state index in [0.717, 1.165) is 17.8 Å². The van der Waals surface area contributed by atoms with Gasteiger partial charge in [-0.3, -0.25) is 14.3 Å². The average molecular weight is 314 g/mol. The number of carbonyl (C=O) groups excluding carboxylic acids is 1. The fourth-order valence-corrected chi connectivity index (χ4v) is 2.95. The first kappa shape index (κ1) is 15.8. The summed E-state index contributed by atoms with van der Waals surface area (Å²) in [5.74, 6) is -1.37. The van der Waals surface area contributed by atoms with Gasteiger partial charge in [0.25, 0.3) is 0 Å². The molecule has 0 aliphatic carbocycles. The van der Waals surface area contributed by atoms with Crippen LogP contribution in [0.2, 0.25) is 5.02 Å². The molecule has 0 bridgehead atoms. The van der Waals surface area contributed by atoms with Gasteiger partial charge in [-0.1, -0.05) is 18.5 Å². The normalized spacial score (nSPS) is 19.1. The number of rotatable bonds is 5. The lowest BCUT2D eigenvalue weighted by molar-refractivity contribution is -0.147.